The van der Waals surface area contributed by atoms with Crippen LogP contribution in [0.2, 0.25) is 0 Å². The Morgan fingerprint density at radius 3 is 2.58 bits per heavy atom. The maximum atomic E-state index is 12.2. The molecule has 2 N–H and O–H groups in total. The summed E-state index contributed by atoms with van der Waals surface area (Å²) in [5.41, 5.74) is 2.16. The van der Waals surface area contributed by atoms with E-state index >= 15 is 0 Å². The number of guanidine groups is 1. The lowest BCUT2D eigenvalue weighted by atomic mass is 10.2. The van der Waals surface area contributed by atoms with Crippen LogP contribution in [0.3, 0.4) is 0 Å². The number of aromatic nitrogens is 1. The Morgan fingerprint density at radius 1 is 1.23 bits per heavy atom. The molecule has 0 amide bonds. The first-order chi connectivity index (χ1) is 12.1. The van der Waals surface area contributed by atoms with Crippen LogP contribution in [0, 0.1) is 13.8 Å². The molecule has 26 heavy (non-hydrogen) atoms. The summed E-state index contributed by atoms with van der Waals surface area (Å²) in [5, 5.41) is 7.56. The van der Waals surface area contributed by atoms with Crippen molar-refractivity contribution < 1.29 is 4.21 Å². The van der Waals surface area contributed by atoms with Gasteiger partial charge in [0.2, 0.25) is 0 Å². The van der Waals surface area contributed by atoms with Gasteiger partial charge in [-0.2, -0.15) is 0 Å². The smallest absolute Gasteiger partial charge is 0.191 e. The predicted octanol–water partition coefficient (Wildman–Crippen LogP) is 3.38. The van der Waals surface area contributed by atoms with Gasteiger partial charge in [-0.1, -0.05) is 30.3 Å². The maximum Gasteiger partial charge on any atom is 0.191 e. The zero-order valence-electron chi connectivity index (χ0n) is 15.4. The summed E-state index contributed by atoms with van der Waals surface area (Å²) < 4.78 is 12.2. The summed E-state index contributed by atoms with van der Waals surface area (Å²) in [7, 11) is -0.885. The molecule has 0 saturated heterocycles. The van der Waals surface area contributed by atoms with Crippen molar-refractivity contribution in [2.24, 2.45) is 4.99 Å². The molecular weight excluding hydrogens is 479 g/mol. The van der Waals surface area contributed by atoms with Gasteiger partial charge < -0.3 is 10.6 Å². The van der Waals surface area contributed by atoms with Gasteiger partial charge in [0.25, 0.3) is 0 Å². The molecule has 8 heteroatoms. The molecule has 144 valence electrons. The van der Waals surface area contributed by atoms with E-state index in [4.69, 9.17) is 0 Å². The Morgan fingerprint density at radius 2 is 1.96 bits per heavy atom. The molecular formula is C18H27IN4OS2. The third kappa shape index (κ3) is 8.13. The van der Waals surface area contributed by atoms with Crippen molar-refractivity contribution >= 4 is 52.1 Å². The van der Waals surface area contributed by atoms with E-state index in [2.05, 4.69) is 20.6 Å². The standard InChI is InChI=1S/C18H26N4OS2.HI/c1-4-19-18(21-12-17-14(2)22-15(3)24-17)20-10-11-25(23)13-16-8-6-5-7-9-16;/h5-9H,4,10-13H2,1-3H3,(H2,19,20,21);1H. The van der Waals surface area contributed by atoms with E-state index in [0.717, 1.165) is 28.8 Å². The van der Waals surface area contributed by atoms with Crippen LogP contribution in [0.5, 0.6) is 0 Å². The predicted molar refractivity (Wildman–Crippen MR) is 123 cm³/mol. The monoisotopic (exact) mass is 506 g/mol. The highest BCUT2D eigenvalue weighted by atomic mass is 127. The third-order valence-corrected chi connectivity index (χ3v) is 5.89. The number of aryl methyl sites for hydroxylation is 2. The number of hydrogen-bond acceptors (Lipinski definition) is 4. The number of aliphatic imine (C=N–C) groups is 1. The molecule has 0 spiro atoms. The highest BCUT2D eigenvalue weighted by Gasteiger charge is 2.06. The van der Waals surface area contributed by atoms with E-state index in [-0.39, 0.29) is 24.0 Å². The lowest BCUT2D eigenvalue weighted by molar-refractivity contribution is 0.680. The van der Waals surface area contributed by atoms with E-state index in [9.17, 15) is 4.21 Å². The fourth-order valence-corrected chi connectivity index (χ4v) is 4.23. The first-order valence-corrected chi connectivity index (χ1v) is 10.7. The number of halogens is 1. The van der Waals surface area contributed by atoms with E-state index in [1.165, 1.54) is 4.88 Å². The molecule has 0 saturated carbocycles. The van der Waals surface area contributed by atoms with Crippen LogP contribution in [-0.4, -0.2) is 34.0 Å². The average molecular weight is 506 g/mol. The largest absolute Gasteiger partial charge is 0.357 e. The van der Waals surface area contributed by atoms with E-state index < -0.39 is 10.8 Å². The second kappa shape index (κ2) is 12.4. The average Bonchev–Trinajstić information content (AvgIpc) is 2.91. The van der Waals surface area contributed by atoms with Gasteiger partial charge in [-0.15, -0.1) is 35.3 Å². The van der Waals surface area contributed by atoms with E-state index in [1.54, 1.807) is 11.3 Å². The molecule has 0 aliphatic heterocycles. The SMILES string of the molecule is CCNC(=NCc1sc(C)nc1C)NCCS(=O)Cc1ccccc1.I. The molecule has 1 aromatic carbocycles. The first kappa shape index (κ1) is 23.0. The van der Waals surface area contributed by atoms with Gasteiger partial charge in [-0.25, -0.2) is 9.98 Å². The van der Waals surface area contributed by atoms with E-state index in [1.807, 2.05) is 51.1 Å². The molecule has 1 heterocycles. The summed E-state index contributed by atoms with van der Waals surface area (Å²) >= 11 is 1.68. The Balaban J connectivity index is 0.00000338. The third-order valence-electron chi connectivity index (χ3n) is 3.52. The number of hydrogen-bond donors (Lipinski definition) is 2. The zero-order valence-corrected chi connectivity index (χ0v) is 19.4. The van der Waals surface area contributed by atoms with Crippen molar-refractivity contribution in [2.45, 2.75) is 33.1 Å². The summed E-state index contributed by atoms with van der Waals surface area (Å²) in [6.07, 6.45) is 0. The second-order valence-electron chi connectivity index (χ2n) is 5.64. The molecule has 0 bridgehead atoms. The van der Waals surface area contributed by atoms with Crippen molar-refractivity contribution in [3.8, 4) is 0 Å². The number of rotatable bonds is 8. The van der Waals surface area contributed by atoms with Crippen LogP contribution < -0.4 is 10.6 Å². The van der Waals surface area contributed by atoms with Gasteiger partial charge >= 0.3 is 0 Å². The molecule has 1 unspecified atom stereocenters. The minimum Gasteiger partial charge on any atom is -0.357 e. The highest BCUT2D eigenvalue weighted by molar-refractivity contribution is 14.0. The lowest BCUT2D eigenvalue weighted by Gasteiger charge is -2.11. The van der Waals surface area contributed by atoms with E-state index in [0.29, 0.717) is 24.6 Å². The minimum absolute atomic E-state index is 0. The van der Waals surface area contributed by atoms with Crippen LogP contribution in [-0.2, 0) is 23.1 Å². The second-order valence-corrected chi connectivity index (χ2v) is 8.50. The van der Waals surface area contributed by atoms with Gasteiger partial charge in [-0.3, -0.25) is 4.21 Å². The molecule has 2 rings (SSSR count). The van der Waals surface area contributed by atoms with Crippen molar-refractivity contribution in [1.29, 1.82) is 0 Å². The van der Waals surface area contributed by atoms with Gasteiger partial charge in [-0.05, 0) is 26.3 Å². The topological polar surface area (TPSA) is 66.4 Å². The maximum absolute atomic E-state index is 12.2. The number of benzene rings is 1. The Labute approximate surface area is 179 Å². The highest BCUT2D eigenvalue weighted by Crippen LogP contribution is 2.17. The number of nitrogens with one attached hydrogen (secondary N) is 2. The van der Waals surface area contributed by atoms with Crippen molar-refractivity contribution in [1.82, 2.24) is 15.6 Å². The van der Waals surface area contributed by atoms with Crippen LogP contribution in [0.1, 0.15) is 28.1 Å². The molecule has 0 aliphatic carbocycles. The van der Waals surface area contributed by atoms with Crippen LogP contribution >= 0.6 is 35.3 Å². The van der Waals surface area contributed by atoms with Gasteiger partial charge in [0.1, 0.15) is 0 Å². The normalized spacial score (nSPS) is 12.3. The fourth-order valence-electron chi connectivity index (χ4n) is 2.33. The lowest BCUT2D eigenvalue weighted by Crippen LogP contribution is -2.39. The summed E-state index contributed by atoms with van der Waals surface area (Å²) in [5.74, 6) is 1.94. The quantitative estimate of drug-likeness (QED) is 0.327. The van der Waals surface area contributed by atoms with Crippen molar-refractivity contribution in [3.05, 3.63) is 51.5 Å². The van der Waals surface area contributed by atoms with Crippen molar-refractivity contribution in [2.75, 3.05) is 18.8 Å². The van der Waals surface area contributed by atoms with Crippen LogP contribution in [0.25, 0.3) is 0 Å². The van der Waals surface area contributed by atoms with Gasteiger partial charge in [0.05, 0.1) is 17.2 Å². The first-order valence-electron chi connectivity index (χ1n) is 8.42. The molecule has 5 nitrogen and oxygen atoms in total. The molecule has 1 aromatic heterocycles. The molecule has 1 atom stereocenters. The van der Waals surface area contributed by atoms with Gasteiger partial charge in [0.15, 0.2) is 5.96 Å². The number of thiazole rings is 1. The zero-order chi connectivity index (χ0) is 18.1. The van der Waals surface area contributed by atoms with Crippen LogP contribution in [0.15, 0.2) is 35.3 Å². The minimum atomic E-state index is -0.885. The molecule has 0 aliphatic rings. The Bertz CT molecular complexity index is 719. The summed E-state index contributed by atoms with van der Waals surface area (Å²) in [6, 6.07) is 9.94. The van der Waals surface area contributed by atoms with Gasteiger partial charge in [0, 0.05) is 40.3 Å². The van der Waals surface area contributed by atoms with Crippen LogP contribution in [0.4, 0.5) is 0 Å². The summed E-state index contributed by atoms with van der Waals surface area (Å²) in [4.78, 5) is 10.2. The molecule has 0 radical (unpaired) electrons. The molecule has 0 fully saturated rings. The van der Waals surface area contributed by atoms with Crippen molar-refractivity contribution in [3.63, 3.8) is 0 Å². The Hall–Kier alpha value is -1.000. The number of nitrogens with zero attached hydrogens (tertiary/aromatic N) is 2. The molecule has 2 aromatic rings. The fraction of sp³-hybridized carbons (Fsp3) is 0.444. The summed E-state index contributed by atoms with van der Waals surface area (Å²) in [6.45, 7) is 8.09. The Kier molecular flexibility index (Phi) is 11.0.